The Morgan fingerprint density at radius 3 is 3.08 bits per heavy atom. The van der Waals surface area contributed by atoms with Crippen LogP contribution in [0.5, 0.6) is 0 Å². The van der Waals surface area contributed by atoms with Crippen LogP contribution in [0.25, 0.3) is 0 Å². The van der Waals surface area contributed by atoms with Crippen LogP contribution in [0.15, 0.2) is 47.7 Å². The second-order valence-corrected chi connectivity index (χ2v) is 3.76. The molecular weight excluding hydrogens is 160 g/mol. The zero-order valence-corrected chi connectivity index (χ0v) is 7.27. The smallest absolute Gasteiger partial charge is 0.0814 e. The lowest BCUT2D eigenvalue weighted by molar-refractivity contribution is 0.490. The Morgan fingerprint density at radius 1 is 1.23 bits per heavy atom. The summed E-state index contributed by atoms with van der Waals surface area (Å²) in [7, 11) is 0. The summed E-state index contributed by atoms with van der Waals surface area (Å²) in [4.78, 5) is 0. The molecule has 2 nitrogen and oxygen atoms in total. The summed E-state index contributed by atoms with van der Waals surface area (Å²) in [5.41, 5.74) is 8.64. The molecule has 3 atom stereocenters. The molecule has 3 rings (SSSR count). The first-order chi connectivity index (χ1) is 6.36. The summed E-state index contributed by atoms with van der Waals surface area (Å²) in [6.45, 7) is 0. The van der Waals surface area contributed by atoms with Gasteiger partial charge in [0.2, 0.25) is 0 Å². The van der Waals surface area contributed by atoms with Crippen molar-refractivity contribution in [1.29, 1.82) is 0 Å². The molecule has 3 N–H and O–H groups in total. The highest BCUT2D eigenvalue weighted by Crippen LogP contribution is 2.39. The molecule has 2 heteroatoms. The fraction of sp³-hybridized carbons (Fsp3) is 0.273. The maximum atomic E-state index is 5.99. The van der Waals surface area contributed by atoms with Crippen molar-refractivity contribution in [2.45, 2.75) is 6.17 Å². The molecular formula is C11H12N2. The zero-order valence-electron chi connectivity index (χ0n) is 7.27. The summed E-state index contributed by atoms with van der Waals surface area (Å²) >= 11 is 0. The molecule has 0 aromatic carbocycles. The van der Waals surface area contributed by atoms with E-state index in [0.717, 1.165) is 0 Å². The lowest BCUT2D eigenvalue weighted by atomic mass is 9.80. The van der Waals surface area contributed by atoms with Crippen LogP contribution >= 0.6 is 0 Å². The minimum absolute atomic E-state index is 0.0797. The first-order valence-corrected chi connectivity index (χ1v) is 4.65. The van der Waals surface area contributed by atoms with Crippen LogP contribution in [-0.4, -0.2) is 6.17 Å². The van der Waals surface area contributed by atoms with E-state index in [2.05, 4.69) is 41.8 Å². The summed E-state index contributed by atoms with van der Waals surface area (Å²) in [5.74, 6) is 0.932. The van der Waals surface area contributed by atoms with E-state index < -0.39 is 0 Å². The summed E-state index contributed by atoms with van der Waals surface area (Å²) in [6, 6.07) is 0. The molecule has 1 saturated heterocycles. The Kier molecular flexibility index (Phi) is 1.30. The quantitative estimate of drug-likeness (QED) is 0.573. The van der Waals surface area contributed by atoms with Gasteiger partial charge in [0.15, 0.2) is 0 Å². The van der Waals surface area contributed by atoms with Gasteiger partial charge in [-0.2, -0.15) is 0 Å². The van der Waals surface area contributed by atoms with Gasteiger partial charge < -0.3 is 11.1 Å². The van der Waals surface area contributed by atoms with Gasteiger partial charge in [-0.15, -0.1) is 0 Å². The highest BCUT2D eigenvalue weighted by molar-refractivity contribution is 5.45. The number of hydrogen-bond donors (Lipinski definition) is 2. The highest BCUT2D eigenvalue weighted by Gasteiger charge is 2.38. The van der Waals surface area contributed by atoms with Crippen LogP contribution in [0.2, 0.25) is 0 Å². The highest BCUT2D eigenvalue weighted by atomic mass is 15.1. The fourth-order valence-electron chi connectivity index (χ4n) is 2.40. The van der Waals surface area contributed by atoms with Crippen LogP contribution in [0.3, 0.4) is 0 Å². The Morgan fingerprint density at radius 2 is 2.15 bits per heavy atom. The van der Waals surface area contributed by atoms with Crippen LogP contribution in [-0.2, 0) is 0 Å². The topological polar surface area (TPSA) is 38.0 Å². The third-order valence-corrected chi connectivity index (χ3v) is 3.01. The monoisotopic (exact) mass is 172 g/mol. The van der Waals surface area contributed by atoms with Gasteiger partial charge in [-0.1, -0.05) is 30.4 Å². The largest absolute Gasteiger partial charge is 0.372 e. The van der Waals surface area contributed by atoms with Crippen LogP contribution in [0.4, 0.5) is 0 Å². The van der Waals surface area contributed by atoms with E-state index in [1.807, 2.05) is 0 Å². The molecule has 0 aromatic rings. The van der Waals surface area contributed by atoms with Crippen molar-refractivity contribution in [3.8, 4) is 0 Å². The lowest BCUT2D eigenvalue weighted by Crippen LogP contribution is -2.35. The van der Waals surface area contributed by atoms with Crippen molar-refractivity contribution in [2.24, 2.45) is 17.6 Å². The SMILES string of the molecule is NC1NC2=CC=CC3=CC=CC1C32. The van der Waals surface area contributed by atoms with Crippen LogP contribution < -0.4 is 11.1 Å². The van der Waals surface area contributed by atoms with Gasteiger partial charge in [-0.3, -0.25) is 0 Å². The second kappa shape index (κ2) is 2.36. The minimum atomic E-state index is 0.0797. The number of nitrogens with two attached hydrogens (primary N) is 1. The Labute approximate surface area is 77.5 Å². The van der Waals surface area contributed by atoms with E-state index in [0.29, 0.717) is 11.8 Å². The molecule has 13 heavy (non-hydrogen) atoms. The predicted octanol–water partition coefficient (Wildman–Crippen LogP) is 1.06. The van der Waals surface area contributed by atoms with Gasteiger partial charge in [0.1, 0.15) is 0 Å². The van der Waals surface area contributed by atoms with E-state index in [1.165, 1.54) is 11.3 Å². The number of allylic oxidation sites excluding steroid dienone is 6. The van der Waals surface area contributed by atoms with E-state index in [9.17, 15) is 0 Å². The maximum Gasteiger partial charge on any atom is 0.0814 e. The van der Waals surface area contributed by atoms with Gasteiger partial charge in [0.05, 0.1) is 6.17 Å². The number of rotatable bonds is 0. The fourth-order valence-corrected chi connectivity index (χ4v) is 2.40. The normalized spacial score (nSPS) is 39.3. The molecule has 3 unspecified atom stereocenters. The standard InChI is InChI=1S/C11H12N2/c12-11-8-5-1-3-7-4-2-6-9(13-11)10(7)8/h1-6,8,10-11,13H,12H2. The van der Waals surface area contributed by atoms with E-state index in [-0.39, 0.29) is 6.17 Å². The molecule has 0 saturated carbocycles. The van der Waals surface area contributed by atoms with Gasteiger partial charge in [0, 0.05) is 17.5 Å². The van der Waals surface area contributed by atoms with E-state index >= 15 is 0 Å². The Hall–Kier alpha value is -1.28. The van der Waals surface area contributed by atoms with Gasteiger partial charge >= 0.3 is 0 Å². The predicted molar refractivity (Wildman–Crippen MR) is 52.5 cm³/mol. The lowest BCUT2D eigenvalue weighted by Gasteiger charge is -2.23. The van der Waals surface area contributed by atoms with Gasteiger partial charge in [-0.05, 0) is 11.6 Å². The van der Waals surface area contributed by atoms with Crippen molar-refractivity contribution in [3.05, 3.63) is 47.7 Å². The molecule has 3 aliphatic rings. The summed E-state index contributed by atoms with van der Waals surface area (Å²) < 4.78 is 0. The molecule has 66 valence electrons. The van der Waals surface area contributed by atoms with Crippen molar-refractivity contribution in [2.75, 3.05) is 0 Å². The molecule has 0 radical (unpaired) electrons. The molecule has 0 amide bonds. The zero-order chi connectivity index (χ0) is 8.84. The van der Waals surface area contributed by atoms with Crippen molar-refractivity contribution in [1.82, 2.24) is 5.32 Å². The summed E-state index contributed by atoms with van der Waals surface area (Å²) in [5, 5.41) is 3.32. The van der Waals surface area contributed by atoms with Crippen LogP contribution in [0, 0.1) is 11.8 Å². The molecule has 1 heterocycles. The molecule has 2 aliphatic carbocycles. The first kappa shape index (κ1) is 7.15. The van der Waals surface area contributed by atoms with Gasteiger partial charge in [0.25, 0.3) is 0 Å². The third-order valence-electron chi connectivity index (χ3n) is 3.01. The molecule has 0 bridgehead atoms. The molecule has 0 aromatic heterocycles. The molecule has 1 fully saturated rings. The average molecular weight is 172 g/mol. The first-order valence-electron chi connectivity index (χ1n) is 4.65. The van der Waals surface area contributed by atoms with Crippen molar-refractivity contribution >= 4 is 0 Å². The average Bonchev–Trinajstić information content (AvgIpc) is 2.47. The molecule has 1 aliphatic heterocycles. The second-order valence-electron chi connectivity index (χ2n) is 3.76. The number of hydrogen-bond acceptors (Lipinski definition) is 2. The Bertz CT molecular complexity index is 360. The maximum absolute atomic E-state index is 5.99. The Balaban J connectivity index is 2.13. The molecule has 0 spiro atoms. The minimum Gasteiger partial charge on any atom is -0.372 e. The number of nitrogens with one attached hydrogen (secondary N) is 1. The summed E-state index contributed by atoms with van der Waals surface area (Å²) in [6.07, 6.45) is 12.9. The van der Waals surface area contributed by atoms with Crippen molar-refractivity contribution < 1.29 is 0 Å². The van der Waals surface area contributed by atoms with E-state index in [1.54, 1.807) is 0 Å². The van der Waals surface area contributed by atoms with Gasteiger partial charge in [-0.25, -0.2) is 0 Å². The third kappa shape index (κ3) is 0.864. The van der Waals surface area contributed by atoms with Crippen LogP contribution in [0.1, 0.15) is 0 Å². The van der Waals surface area contributed by atoms with Crippen molar-refractivity contribution in [3.63, 3.8) is 0 Å². The van der Waals surface area contributed by atoms with E-state index in [4.69, 9.17) is 5.73 Å².